The standard InChI is InChI=1S/C15H22N2O3/c1-3-4-13(15(19)20)17-14(18)9-10(2)11-5-7-12(16)8-6-11/h5-8,10,13H,3-4,9,16H2,1-2H3,(H,17,18)(H,19,20)/t10?,13-/m1/s1. The van der Waals surface area contributed by atoms with Crippen LogP contribution in [0, 0.1) is 0 Å². The van der Waals surface area contributed by atoms with E-state index in [0.717, 1.165) is 5.56 Å². The quantitative estimate of drug-likeness (QED) is 0.666. The van der Waals surface area contributed by atoms with Gasteiger partial charge in [0, 0.05) is 12.1 Å². The largest absolute Gasteiger partial charge is 0.480 e. The predicted octanol–water partition coefficient (Wildman–Crippen LogP) is 2.13. The molecule has 5 heteroatoms. The minimum absolute atomic E-state index is 0.0201. The number of carboxylic acid groups (broad SMARTS) is 1. The van der Waals surface area contributed by atoms with E-state index in [-0.39, 0.29) is 18.2 Å². The first-order valence-electron chi connectivity index (χ1n) is 6.81. The van der Waals surface area contributed by atoms with Crippen molar-refractivity contribution in [3.63, 3.8) is 0 Å². The number of carbonyl (C=O) groups excluding carboxylic acids is 1. The number of hydrogen-bond acceptors (Lipinski definition) is 3. The predicted molar refractivity (Wildman–Crippen MR) is 78.4 cm³/mol. The molecule has 0 bridgehead atoms. The third-order valence-corrected chi connectivity index (χ3v) is 3.21. The Kier molecular flexibility index (Phi) is 6.03. The highest BCUT2D eigenvalue weighted by molar-refractivity contribution is 5.83. The van der Waals surface area contributed by atoms with Crippen molar-refractivity contribution in [3.8, 4) is 0 Å². The van der Waals surface area contributed by atoms with E-state index < -0.39 is 12.0 Å². The summed E-state index contributed by atoms with van der Waals surface area (Å²) in [7, 11) is 0. The Morgan fingerprint density at radius 1 is 1.30 bits per heavy atom. The first-order chi connectivity index (χ1) is 9.43. The van der Waals surface area contributed by atoms with Crippen LogP contribution in [0.1, 0.15) is 44.6 Å². The van der Waals surface area contributed by atoms with Crippen LogP contribution in [0.5, 0.6) is 0 Å². The number of carboxylic acids is 1. The van der Waals surface area contributed by atoms with Crippen LogP contribution < -0.4 is 11.1 Å². The molecule has 0 aliphatic heterocycles. The normalized spacial score (nSPS) is 13.5. The van der Waals surface area contributed by atoms with Crippen molar-refractivity contribution in [3.05, 3.63) is 29.8 Å². The van der Waals surface area contributed by atoms with Gasteiger partial charge in [-0.15, -0.1) is 0 Å². The lowest BCUT2D eigenvalue weighted by Gasteiger charge is -2.16. The molecule has 0 heterocycles. The number of anilines is 1. The summed E-state index contributed by atoms with van der Waals surface area (Å²) in [6.45, 7) is 3.82. The van der Waals surface area contributed by atoms with Gasteiger partial charge in [-0.1, -0.05) is 32.4 Å². The fourth-order valence-corrected chi connectivity index (χ4v) is 2.02. The number of nitrogens with one attached hydrogen (secondary N) is 1. The van der Waals surface area contributed by atoms with Gasteiger partial charge in [0.15, 0.2) is 0 Å². The average molecular weight is 278 g/mol. The highest BCUT2D eigenvalue weighted by Gasteiger charge is 2.20. The van der Waals surface area contributed by atoms with Gasteiger partial charge in [-0.3, -0.25) is 4.79 Å². The summed E-state index contributed by atoms with van der Waals surface area (Å²) in [4.78, 5) is 22.9. The van der Waals surface area contributed by atoms with Crippen molar-refractivity contribution >= 4 is 17.6 Å². The second kappa shape index (κ2) is 7.53. The topological polar surface area (TPSA) is 92.4 Å². The first-order valence-corrected chi connectivity index (χ1v) is 6.81. The third-order valence-electron chi connectivity index (χ3n) is 3.21. The Balaban J connectivity index is 2.56. The number of carbonyl (C=O) groups is 2. The summed E-state index contributed by atoms with van der Waals surface area (Å²) in [5, 5.41) is 11.6. The molecule has 0 saturated heterocycles. The molecule has 1 unspecified atom stereocenters. The number of aliphatic carboxylic acids is 1. The molecule has 1 amide bonds. The molecule has 0 fully saturated rings. The van der Waals surface area contributed by atoms with E-state index in [0.29, 0.717) is 18.5 Å². The number of rotatable bonds is 7. The molecule has 0 spiro atoms. The highest BCUT2D eigenvalue weighted by atomic mass is 16.4. The number of nitrogens with two attached hydrogens (primary N) is 1. The molecule has 0 aliphatic rings. The van der Waals surface area contributed by atoms with Crippen LogP contribution in [-0.2, 0) is 9.59 Å². The fraction of sp³-hybridized carbons (Fsp3) is 0.467. The minimum Gasteiger partial charge on any atom is -0.480 e. The molecule has 0 saturated carbocycles. The lowest BCUT2D eigenvalue weighted by Crippen LogP contribution is -2.40. The number of nitrogen functional groups attached to an aromatic ring is 1. The first kappa shape index (κ1) is 16.0. The van der Waals surface area contributed by atoms with Gasteiger partial charge in [0.2, 0.25) is 5.91 Å². The second-order valence-corrected chi connectivity index (χ2v) is 5.02. The van der Waals surface area contributed by atoms with Crippen LogP contribution in [0.4, 0.5) is 5.69 Å². The van der Waals surface area contributed by atoms with E-state index in [1.54, 1.807) is 12.1 Å². The summed E-state index contributed by atoms with van der Waals surface area (Å²) >= 11 is 0. The molecule has 2 atom stereocenters. The van der Waals surface area contributed by atoms with E-state index >= 15 is 0 Å². The maximum atomic E-state index is 11.9. The van der Waals surface area contributed by atoms with Crippen molar-refractivity contribution in [2.45, 2.75) is 45.1 Å². The number of amides is 1. The lowest BCUT2D eigenvalue weighted by molar-refractivity contribution is -0.142. The fourth-order valence-electron chi connectivity index (χ4n) is 2.02. The van der Waals surface area contributed by atoms with E-state index in [1.165, 1.54) is 0 Å². The third kappa shape index (κ3) is 4.91. The molecule has 1 rings (SSSR count). The van der Waals surface area contributed by atoms with Crippen LogP contribution in [0.2, 0.25) is 0 Å². The van der Waals surface area contributed by atoms with Gasteiger partial charge in [0.25, 0.3) is 0 Å². The molecule has 5 nitrogen and oxygen atoms in total. The van der Waals surface area contributed by atoms with Gasteiger partial charge in [-0.2, -0.15) is 0 Å². The minimum atomic E-state index is -0.986. The van der Waals surface area contributed by atoms with Crippen molar-refractivity contribution in [2.75, 3.05) is 5.73 Å². The monoisotopic (exact) mass is 278 g/mol. The number of hydrogen-bond donors (Lipinski definition) is 3. The van der Waals surface area contributed by atoms with Gasteiger partial charge >= 0.3 is 5.97 Å². The summed E-state index contributed by atoms with van der Waals surface area (Å²) in [6.07, 6.45) is 1.42. The van der Waals surface area contributed by atoms with Crippen molar-refractivity contribution in [2.24, 2.45) is 0 Å². The zero-order chi connectivity index (χ0) is 15.1. The molecule has 20 heavy (non-hydrogen) atoms. The van der Waals surface area contributed by atoms with Gasteiger partial charge in [-0.05, 0) is 30.0 Å². The van der Waals surface area contributed by atoms with Gasteiger partial charge in [-0.25, -0.2) is 4.79 Å². The average Bonchev–Trinajstić information content (AvgIpc) is 2.38. The van der Waals surface area contributed by atoms with Crippen molar-refractivity contribution in [1.29, 1.82) is 0 Å². The molecule has 110 valence electrons. The van der Waals surface area contributed by atoms with Crippen LogP contribution in [0.3, 0.4) is 0 Å². The SMILES string of the molecule is CCC[C@@H](NC(=O)CC(C)c1ccc(N)cc1)C(=O)O. The Morgan fingerprint density at radius 2 is 1.90 bits per heavy atom. The molecule has 0 aliphatic carbocycles. The van der Waals surface area contributed by atoms with Crippen LogP contribution >= 0.6 is 0 Å². The summed E-state index contributed by atoms with van der Waals surface area (Å²) in [6, 6.07) is 6.55. The maximum absolute atomic E-state index is 11.9. The second-order valence-electron chi connectivity index (χ2n) is 5.02. The Labute approximate surface area is 119 Å². The summed E-state index contributed by atoms with van der Waals surface area (Å²) in [5.74, 6) is -1.21. The molecule has 4 N–H and O–H groups in total. The van der Waals surface area contributed by atoms with Crippen LogP contribution in [-0.4, -0.2) is 23.0 Å². The van der Waals surface area contributed by atoms with E-state index in [9.17, 15) is 9.59 Å². The van der Waals surface area contributed by atoms with Gasteiger partial charge in [0.05, 0.1) is 0 Å². The Hall–Kier alpha value is -2.04. The van der Waals surface area contributed by atoms with E-state index in [1.807, 2.05) is 26.0 Å². The van der Waals surface area contributed by atoms with Crippen molar-refractivity contribution < 1.29 is 14.7 Å². The van der Waals surface area contributed by atoms with Gasteiger partial charge < -0.3 is 16.2 Å². The maximum Gasteiger partial charge on any atom is 0.326 e. The lowest BCUT2D eigenvalue weighted by atomic mass is 9.97. The Bertz CT molecular complexity index is 457. The van der Waals surface area contributed by atoms with Crippen molar-refractivity contribution in [1.82, 2.24) is 5.32 Å². The molecular weight excluding hydrogens is 256 g/mol. The van der Waals surface area contributed by atoms with E-state index in [2.05, 4.69) is 5.32 Å². The zero-order valence-corrected chi connectivity index (χ0v) is 11.9. The molecule has 0 aromatic heterocycles. The highest BCUT2D eigenvalue weighted by Crippen LogP contribution is 2.20. The van der Waals surface area contributed by atoms with Crippen LogP contribution in [0.15, 0.2) is 24.3 Å². The molecule has 1 aromatic carbocycles. The smallest absolute Gasteiger partial charge is 0.326 e. The van der Waals surface area contributed by atoms with Crippen LogP contribution in [0.25, 0.3) is 0 Å². The van der Waals surface area contributed by atoms with Gasteiger partial charge in [0.1, 0.15) is 6.04 Å². The molecule has 0 radical (unpaired) electrons. The summed E-state index contributed by atoms with van der Waals surface area (Å²) < 4.78 is 0. The molecular formula is C15H22N2O3. The Morgan fingerprint density at radius 3 is 2.40 bits per heavy atom. The summed E-state index contributed by atoms with van der Waals surface area (Å²) in [5.41, 5.74) is 7.31. The molecule has 1 aromatic rings. The zero-order valence-electron chi connectivity index (χ0n) is 11.9. The number of benzene rings is 1. The van der Waals surface area contributed by atoms with E-state index in [4.69, 9.17) is 10.8 Å².